The average Bonchev–Trinajstić information content (AvgIpc) is 2.46. The zero-order chi connectivity index (χ0) is 15.2. The third kappa shape index (κ3) is 3.53. The molecule has 0 bridgehead atoms. The second-order valence-electron chi connectivity index (χ2n) is 4.49. The number of rotatable bonds is 6. The lowest BCUT2D eigenvalue weighted by Gasteiger charge is -2.26. The van der Waals surface area contributed by atoms with E-state index >= 15 is 0 Å². The van der Waals surface area contributed by atoms with Crippen LogP contribution in [-0.4, -0.2) is 37.9 Å². The summed E-state index contributed by atoms with van der Waals surface area (Å²) in [5.41, 5.74) is -0.651. The number of ether oxygens (including phenoxy) is 1. The molecule has 110 valence electrons. The quantitative estimate of drug-likeness (QED) is 0.806. The van der Waals surface area contributed by atoms with Gasteiger partial charge >= 0.3 is 5.97 Å². The summed E-state index contributed by atoms with van der Waals surface area (Å²) in [4.78, 5) is 23.3. The van der Waals surface area contributed by atoms with Crippen molar-refractivity contribution in [2.24, 2.45) is 0 Å². The monoisotopic (exact) mass is 285 g/mol. The fourth-order valence-corrected chi connectivity index (χ4v) is 1.75. The molecule has 0 saturated carbocycles. The minimum atomic E-state index is -2.26. The van der Waals surface area contributed by atoms with Crippen LogP contribution in [0.2, 0.25) is 0 Å². The first-order valence-electron chi connectivity index (χ1n) is 6.05. The van der Waals surface area contributed by atoms with E-state index in [9.17, 15) is 18.4 Å². The molecule has 0 unspecified atom stereocenters. The van der Waals surface area contributed by atoms with E-state index < -0.39 is 30.8 Å². The summed E-state index contributed by atoms with van der Waals surface area (Å²) in [5.74, 6) is -1.78. The standard InChI is InChI=1S/C14H17F2NO3/c1-10-5-3-4-6-11(10)7-12(18)17-14(8-15,9-16)13(19)20-2/h3-6H,7-9H2,1-2H3,(H,17,18). The highest BCUT2D eigenvalue weighted by atomic mass is 19.1. The molecule has 1 N–H and O–H groups in total. The molecule has 1 aromatic carbocycles. The molecule has 0 aliphatic heterocycles. The third-order valence-electron chi connectivity index (χ3n) is 3.02. The first kappa shape index (κ1) is 16.1. The highest BCUT2D eigenvalue weighted by Gasteiger charge is 2.42. The molecule has 0 aromatic heterocycles. The molecule has 0 fully saturated rings. The molecule has 1 aromatic rings. The number of methoxy groups -OCH3 is 1. The Morgan fingerprint density at radius 3 is 2.35 bits per heavy atom. The summed E-state index contributed by atoms with van der Waals surface area (Å²) < 4.78 is 30.3. The van der Waals surface area contributed by atoms with Crippen molar-refractivity contribution in [3.05, 3.63) is 35.4 Å². The molecule has 4 nitrogen and oxygen atoms in total. The van der Waals surface area contributed by atoms with E-state index in [1.807, 2.05) is 19.1 Å². The van der Waals surface area contributed by atoms with Crippen molar-refractivity contribution >= 4 is 11.9 Å². The molecule has 0 aliphatic rings. The molecule has 1 rings (SSSR count). The average molecular weight is 285 g/mol. The molecule has 0 spiro atoms. The molecule has 20 heavy (non-hydrogen) atoms. The molecule has 6 heteroatoms. The number of carbonyl (C=O) groups excluding carboxylic acids is 2. The maximum Gasteiger partial charge on any atom is 0.337 e. The number of hydrogen-bond acceptors (Lipinski definition) is 3. The summed E-state index contributed by atoms with van der Waals surface area (Å²) in [5, 5.41) is 2.09. The van der Waals surface area contributed by atoms with Gasteiger partial charge in [0.2, 0.25) is 5.91 Å². The van der Waals surface area contributed by atoms with E-state index in [0.29, 0.717) is 0 Å². The lowest BCUT2D eigenvalue weighted by Crippen LogP contribution is -2.59. The van der Waals surface area contributed by atoms with Crippen LogP contribution in [0, 0.1) is 6.92 Å². The first-order valence-corrected chi connectivity index (χ1v) is 6.05. The number of carbonyl (C=O) groups is 2. The molecule has 0 heterocycles. The van der Waals surface area contributed by atoms with Gasteiger partial charge < -0.3 is 10.1 Å². The van der Waals surface area contributed by atoms with E-state index in [4.69, 9.17) is 0 Å². The lowest BCUT2D eigenvalue weighted by molar-refractivity contribution is -0.152. The zero-order valence-electron chi connectivity index (χ0n) is 11.4. The Hall–Kier alpha value is -1.98. The fraction of sp³-hybridized carbons (Fsp3) is 0.429. The van der Waals surface area contributed by atoms with Gasteiger partial charge in [-0.05, 0) is 18.1 Å². The van der Waals surface area contributed by atoms with Crippen molar-refractivity contribution in [3.63, 3.8) is 0 Å². The lowest BCUT2D eigenvalue weighted by atomic mass is 10.0. The summed E-state index contributed by atoms with van der Waals surface area (Å²) in [7, 11) is 1.01. The zero-order valence-corrected chi connectivity index (χ0v) is 11.4. The third-order valence-corrected chi connectivity index (χ3v) is 3.02. The van der Waals surface area contributed by atoms with Gasteiger partial charge in [0.05, 0.1) is 13.5 Å². The normalized spacial score (nSPS) is 11.0. The van der Waals surface area contributed by atoms with Gasteiger partial charge in [0, 0.05) is 0 Å². The minimum absolute atomic E-state index is 0.0641. The van der Waals surface area contributed by atoms with Crippen molar-refractivity contribution in [2.45, 2.75) is 18.9 Å². The number of nitrogens with one attached hydrogen (secondary N) is 1. The Balaban J connectivity index is 2.82. The predicted molar refractivity (Wildman–Crippen MR) is 69.7 cm³/mol. The number of benzene rings is 1. The van der Waals surface area contributed by atoms with E-state index in [2.05, 4.69) is 10.1 Å². The van der Waals surface area contributed by atoms with Gasteiger partial charge in [-0.1, -0.05) is 24.3 Å². The van der Waals surface area contributed by atoms with Gasteiger partial charge in [-0.15, -0.1) is 0 Å². The number of halogens is 2. The predicted octanol–water partition coefficient (Wildman–Crippen LogP) is 1.50. The second kappa shape index (κ2) is 6.98. The molecular weight excluding hydrogens is 268 g/mol. The maximum absolute atomic E-state index is 13.0. The van der Waals surface area contributed by atoms with Crippen LogP contribution in [0.4, 0.5) is 8.78 Å². The van der Waals surface area contributed by atoms with Gasteiger partial charge in [-0.3, -0.25) is 4.79 Å². The highest BCUT2D eigenvalue weighted by molar-refractivity contribution is 5.89. The van der Waals surface area contributed by atoms with Gasteiger partial charge in [-0.25, -0.2) is 13.6 Å². The largest absolute Gasteiger partial charge is 0.467 e. The smallest absolute Gasteiger partial charge is 0.337 e. The Kier molecular flexibility index (Phi) is 5.61. The molecule has 0 radical (unpaired) electrons. The molecule has 0 saturated heterocycles. The Morgan fingerprint density at radius 1 is 1.25 bits per heavy atom. The first-order chi connectivity index (χ1) is 9.49. The van der Waals surface area contributed by atoms with Crippen molar-refractivity contribution in [1.82, 2.24) is 5.32 Å². The van der Waals surface area contributed by atoms with E-state index in [-0.39, 0.29) is 6.42 Å². The van der Waals surface area contributed by atoms with Crippen molar-refractivity contribution < 1.29 is 23.1 Å². The maximum atomic E-state index is 13.0. The van der Waals surface area contributed by atoms with Crippen LogP contribution >= 0.6 is 0 Å². The van der Waals surface area contributed by atoms with Crippen molar-refractivity contribution in [3.8, 4) is 0 Å². The molecule has 0 aliphatic carbocycles. The number of aryl methyl sites for hydroxylation is 1. The van der Waals surface area contributed by atoms with Crippen molar-refractivity contribution in [2.75, 3.05) is 20.5 Å². The van der Waals surface area contributed by atoms with E-state index in [1.54, 1.807) is 12.1 Å². The Bertz CT molecular complexity index is 487. The van der Waals surface area contributed by atoms with Gasteiger partial charge in [0.15, 0.2) is 5.54 Å². The summed E-state index contributed by atoms with van der Waals surface area (Å²) in [6, 6.07) is 7.13. The van der Waals surface area contributed by atoms with E-state index in [0.717, 1.165) is 18.2 Å². The number of esters is 1. The number of hydrogen-bond donors (Lipinski definition) is 1. The molecule has 1 amide bonds. The van der Waals surface area contributed by atoms with Crippen LogP contribution in [0.25, 0.3) is 0 Å². The Morgan fingerprint density at radius 2 is 1.85 bits per heavy atom. The second-order valence-corrected chi connectivity index (χ2v) is 4.49. The number of amides is 1. The Labute approximate surface area is 116 Å². The number of alkyl halides is 2. The summed E-state index contributed by atoms with van der Waals surface area (Å²) in [6.07, 6.45) is -0.0641. The van der Waals surface area contributed by atoms with Crippen LogP contribution in [0.15, 0.2) is 24.3 Å². The molecule has 0 atom stereocenters. The van der Waals surface area contributed by atoms with Gasteiger partial charge in [0.25, 0.3) is 0 Å². The van der Waals surface area contributed by atoms with E-state index in [1.165, 1.54) is 0 Å². The van der Waals surface area contributed by atoms with Crippen LogP contribution in [0.5, 0.6) is 0 Å². The highest BCUT2D eigenvalue weighted by Crippen LogP contribution is 2.12. The summed E-state index contributed by atoms with van der Waals surface area (Å²) in [6.45, 7) is -0.911. The van der Waals surface area contributed by atoms with Crippen LogP contribution < -0.4 is 5.32 Å². The van der Waals surface area contributed by atoms with Gasteiger partial charge in [0.1, 0.15) is 13.3 Å². The summed E-state index contributed by atoms with van der Waals surface area (Å²) >= 11 is 0. The minimum Gasteiger partial charge on any atom is -0.467 e. The van der Waals surface area contributed by atoms with Gasteiger partial charge in [-0.2, -0.15) is 0 Å². The molecular formula is C14H17F2NO3. The SMILES string of the molecule is COC(=O)C(CF)(CF)NC(=O)Cc1ccccc1C. The van der Waals surface area contributed by atoms with Crippen molar-refractivity contribution in [1.29, 1.82) is 0 Å². The topological polar surface area (TPSA) is 55.4 Å². The van der Waals surface area contributed by atoms with Crippen LogP contribution in [-0.2, 0) is 20.7 Å². The van der Waals surface area contributed by atoms with Crippen LogP contribution in [0.1, 0.15) is 11.1 Å². The van der Waals surface area contributed by atoms with Crippen LogP contribution in [0.3, 0.4) is 0 Å². The fourth-order valence-electron chi connectivity index (χ4n) is 1.75.